The fraction of sp³-hybridized carbons (Fsp3) is 0.200. The first kappa shape index (κ1) is 14.8. The minimum atomic E-state index is -4.04. The smallest absolute Gasteiger partial charge is 0.337 e. The average Bonchev–Trinajstić information content (AvgIpc) is 2.30. The van der Waals surface area contributed by atoms with Crippen LogP contribution in [-0.4, -0.2) is 38.3 Å². The molecular weight excluding hydrogens is 276 g/mol. The van der Waals surface area contributed by atoms with Gasteiger partial charge in [-0.25, -0.2) is 13.2 Å². The fourth-order valence-electron chi connectivity index (χ4n) is 1.25. The summed E-state index contributed by atoms with van der Waals surface area (Å²) >= 11 is 0. The summed E-state index contributed by atoms with van der Waals surface area (Å²) in [6, 6.07) is 3.65. The molecular formula is C10H12N2O6S. The quantitative estimate of drug-likeness (QED) is 0.507. The van der Waals surface area contributed by atoms with Gasteiger partial charge in [0.15, 0.2) is 5.75 Å². The van der Waals surface area contributed by atoms with Crippen molar-refractivity contribution < 1.29 is 27.9 Å². The summed E-state index contributed by atoms with van der Waals surface area (Å²) in [6.07, 6.45) is 0. The van der Waals surface area contributed by atoms with Gasteiger partial charge in [-0.05, 0) is 18.2 Å². The van der Waals surface area contributed by atoms with Crippen LogP contribution in [0.2, 0.25) is 0 Å². The molecule has 0 aliphatic carbocycles. The first-order chi connectivity index (χ1) is 8.75. The number of nitrogens with one attached hydrogen (secondary N) is 1. The third-order valence-corrected chi connectivity index (χ3v) is 3.22. The van der Waals surface area contributed by atoms with Crippen LogP contribution in [-0.2, 0) is 19.6 Å². The molecule has 0 aromatic heterocycles. The van der Waals surface area contributed by atoms with Gasteiger partial charge in [0.1, 0.15) is 0 Å². The Morgan fingerprint density at radius 3 is 2.58 bits per heavy atom. The molecule has 19 heavy (non-hydrogen) atoms. The maximum Gasteiger partial charge on any atom is 0.337 e. The second-order valence-electron chi connectivity index (χ2n) is 3.55. The van der Waals surface area contributed by atoms with Crippen molar-refractivity contribution in [3.63, 3.8) is 0 Å². The average molecular weight is 288 g/mol. The summed E-state index contributed by atoms with van der Waals surface area (Å²) < 4.78 is 29.4. The van der Waals surface area contributed by atoms with E-state index in [0.717, 1.165) is 13.2 Å². The van der Waals surface area contributed by atoms with Crippen molar-refractivity contribution in [2.45, 2.75) is 0 Å². The molecule has 1 aromatic carbocycles. The molecule has 0 aliphatic rings. The minimum Gasteiger partial charge on any atom is -0.478 e. The molecule has 0 spiro atoms. The number of anilines is 2. The second kappa shape index (κ2) is 5.57. The minimum absolute atomic E-state index is 0.174. The van der Waals surface area contributed by atoms with Gasteiger partial charge in [0.05, 0.1) is 18.4 Å². The highest BCUT2D eigenvalue weighted by molar-refractivity contribution is 7.93. The SMILES string of the molecule is COC(=O)CS(=O)(=O)Nc1ccc(N)cc1C(=O)O. The third kappa shape index (κ3) is 4.14. The summed E-state index contributed by atoms with van der Waals surface area (Å²) in [7, 11) is -3.00. The number of carbonyl (C=O) groups is 2. The van der Waals surface area contributed by atoms with Crippen LogP contribution in [0.3, 0.4) is 0 Å². The molecule has 4 N–H and O–H groups in total. The van der Waals surface area contributed by atoms with Gasteiger partial charge in [0, 0.05) is 5.69 Å². The molecule has 0 saturated carbocycles. The number of nitrogens with two attached hydrogens (primary N) is 1. The molecule has 0 amide bonds. The molecule has 8 nitrogen and oxygen atoms in total. The van der Waals surface area contributed by atoms with Gasteiger partial charge in [-0.2, -0.15) is 0 Å². The Morgan fingerprint density at radius 1 is 1.42 bits per heavy atom. The number of aromatic carboxylic acids is 1. The number of sulfonamides is 1. The zero-order valence-electron chi connectivity index (χ0n) is 9.91. The number of rotatable bonds is 5. The number of esters is 1. The van der Waals surface area contributed by atoms with Crippen molar-refractivity contribution in [1.29, 1.82) is 0 Å². The van der Waals surface area contributed by atoms with Crippen molar-refractivity contribution in [1.82, 2.24) is 0 Å². The van der Waals surface area contributed by atoms with Gasteiger partial charge >= 0.3 is 11.9 Å². The maximum absolute atomic E-state index is 11.6. The Morgan fingerprint density at radius 2 is 2.05 bits per heavy atom. The molecule has 104 valence electrons. The Hall–Kier alpha value is -2.29. The van der Waals surface area contributed by atoms with Crippen molar-refractivity contribution in [3.05, 3.63) is 23.8 Å². The summed E-state index contributed by atoms with van der Waals surface area (Å²) in [6.45, 7) is 0. The van der Waals surface area contributed by atoms with Crippen LogP contribution in [0.15, 0.2) is 18.2 Å². The molecule has 1 aromatic rings. The highest BCUT2D eigenvalue weighted by atomic mass is 32.2. The van der Waals surface area contributed by atoms with Crippen molar-refractivity contribution in [2.24, 2.45) is 0 Å². The monoisotopic (exact) mass is 288 g/mol. The van der Waals surface area contributed by atoms with E-state index in [1.54, 1.807) is 0 Å². The highest BCUT2D eigenvalue weighted by Gasteiger charge is 2.20. The fourth-order valence-corrected chi connectivity index (χ4v) is 2.26. The number of carbonyl (C=O) groups excluding carboxylic acids is 1. The van der Waals surface area contributed by atoms with Crippen LogP contribution in [0.4, 0.5) is 11.4 Å². The standard InChI is InChI=1S/C10H12N2O6S/c1-18-9(13)5-19(16,17)12-8-3-2-6(11)4-7(8)10(14)15/h2-4,12H,5,11H2,1H3,(H,14,15). The van der Waals surface area contributed by atoms with E-state index in [4.69, 9.17) is 10.8 Å². The lowest BCUT2D eigenvalue weighted by atomic mass is 10.1. The normalized spacial score (nSPS) is 10.8. The molecule has 0 atom stereocenters. The van der Waals surface area contributed by atoms with E-state index in [0.29, 0.717) is 0 Å². The molecule has 0 fully saturated rings. The lowest BCUT2D eigenvalue weighted by Crippen LogP contribution is -2.24. The Bertz CT molecular complexity index is 610. The number of methoxy groups -OCH3 is 1. The van der Waals surface area contributed by atoms with Crippen LogP contribution in [0.5, 0.6) is 0 Å². The van der Waals surface area contributed by atoms with Gasteiger partial charge in [-0.1, -0.05) is 0 Å². The Balaban J connectivity index is 3.06. The number of benzene rings is 1. The molecule has 0 unspecified atom stereocenters. The Labute approximate surface area is 109 Å². The van der Waals surface area contributed by atoms with Gasteiger partial charge in [0.25, 0.3) is 0 Å². The van der Waals surface area contributed by atoms with E-state index < -0.39 is 27.7 Å². The molecule has 9 heteroatoms. The predicted octanol–water partition coefficient (Wildman–Crippen LogP) is -0.118. The number of carboxylic acids is 1. The van der Waals surface area contributed by atoms with Crippen molar-refractivity contribution >= 4 is 33.3 Å². The lowest BCUT2D eigenvalue weighted by molar-refractivity contribution is -0.137. The van der Waals surface area contributed by atoms with Gasteiger partial charge in [0.2, 0.25) is 10.0 Å². The highest BCUT2D eigenvalue weighted by Crippen LogP contribution is 2.20. The predicted molar refractivity (Wildman–Crippen MR) is 67.2 cm³/mol. The van der Waals surface area contributed by atoms with E-state index in [1.165, 1.54) is 12.1 Å². The van der Waals surface area contributed by atoms with Crippen LogP contribution < -0.4 is 10.5 Å². The van der Waals surface area contributed by atoms with Crippen LogP contribution in [0.1, 0.15) is 10.4 Å². The zero-order valence-corrected chi connectivity index (χ0v) is 10.7. The molecule has 0 saturated heterocycles. The van der Waals surface area contributed by atoms with Gasteiger partial charge in [-0.15, -0.1) is 0 Å². The van der Waals surface area contributed by atoms with Crippen LogP contribution in [0, 0.1) is 0 Å². The molecule has 0 aliphatic heterocycles. The number of nitrogen functional groups attached to an aromatic ring is 1. The molecule has 0 radical (unpaired) electrons. The van der Waals surface area contributed by atoms with Crippen molar-refractivity contribution in [3.8, 4) is 0 Å². The Kier molecular flexibility index (Phi) is 4.33. The topological polar surface area (TPSA) is 136 Å². The van der Waals surface area contributed by atoms with Crippen molar-refractivity contribution in [2.75, 3.05) is 23.3 Å². The summed E-state index contributed by atoms with van der Waals surface area (Å²) in [5.41, 5.74) is 5.10. The number of hydrogen-bond donors (Lipinski definition) is 3. The zero-order chi connectivity index (χ0) is 14.6. The van der Waals surface area contributed by atoms with Gasteiger partial charge in [-0.3, -0.25) is 9.52 Å². The number of ether oxygens (including phenoxy) is 1. The summed E-state index contributed by atoms with van der Waals surface area (Å²) in [4.78, 5) is 21.9. The number of hydrogen-bond acceptors (Lipinski definition) is 6. The third-order valence-electron chi connectivity index (χ3n) is 2.08. The maximum atomic E-state index is 11.6. The van der Waals surface area contributed by atoms with Gasteiger partial charge < -0.3 is 15.6 Å². The number of carboxylic acid groups (broad SMARTS) is 1. The molecule has 0 bridgehead atoms. The molecule has 0 heterocycles. The first-order valence-corrected chi connectivity index (χ1v) is 6.60. The van der Waals surface area contributed by atoms with E-state index in [9.17, 15) is 18.0 Å². The second-order valence-corrected chi connectivity index (χ2v) is 5.27. The first-order valence-electron chi connectivity index (χ1n) is 4.95. The molecule has 1 rings (SSSR count). The summed E-state index contributed by atoms with van der Waals surface area (Å²) in [5, 5.41) is 8.93. The van der Waals surface area contributed by atoms with E-state index in [-0.39, 0.29) is 16.9 Å². The largest absolute Gasteiger partial charge is 0.478 e. The lowest BCUT2D eigenvalue weighted by Gasteiger charge is -2.10. The van der Waals surface area contributed by atoms with Crippen LogP contribution >= 0.6 is 0 Å². The van der Waals surface area contributed by atoms with E-state index in [1.807, 2.05) is 4.72 Å². The van der Waals surface area contributed by atoms with E-state index in [2.05, 4.69) is 4.74 Å². The summed E-state index contributed by atoms with van der Waals surface area (Å²) in [5.74, 6) is -3.21. The van der Waals surface area contributed by atoms with Crippen LogP contribution in [0.25, 0.3) is 0 Å². The van der Waals surface area contributed by atoms with E-state index >= 15 is 0 Å².